The molecule has 1 unspecified atom stereocenters. The van der Waals surface area contributed by atoms with Gasteiger partial charge in [0.15, 0.2) is 11.5 Å². The van der Waals surface area contributed by atoms with Crippen molar-refractivity contribution in [3.63, 3.8) is 0 Å². The van der Waals surface area contributed by atoms with E-state index in [1.807, 2.05) is 49.4 Å². The maximum Gasteiger partial charge on any atom is 0.161 e. The molecule has 0 saturated heterocycles. The lowest BCUT2D eigenvalue weighted by atomic mass is 9.98. The molecule has 3 aromatic rings. The van der Waals surface area contributed by atoms with Gasteiger partial charge < -0.3 is 14.8 Å². The van der Waals surface area contributed by atoms with Crippen LogP contribution < -0.4 is 14.8 Å². The lowest BCUT2D eigenvalue weighted by molar-refractivity contribution is 0.171. The van der Waals surface area contributed by atoms with Crippen LogP contribution in [0.1, 0.15) is 29.8 Å². The molecule has 140 valence electrons. The summed E-state index contributed by atoms with van der Waals surface area (Å²) in [5, 5.41) is 12.9. The van der Waals surface area contributed by atoms with Crippen LogP contribution >= 0.6 is 11.6 Å². The van der Waals surface area contributed by atoms with Crippen molar-refractivity contribution >= 4 is 11.6 Å². The van der Waals surface area contributed by atoms with Gasteiger partial charge in [-0.25, -0.2) is 0 Å². The summed E-state index contributed by atoms with van der Waals surface area (Å²) in [7, 11) is 0. The van der Waals surface area contributed by atoms with Gasteiger partial charge in [0.1, 0.15) is 13.2 Å². The van der Waals surface area contributed by atoms with Crippen molar-refractivity contribution in [2.24, 2.45) is 0 Å². The molecule has 0 spiro atoms. The average molecular weight is 385 g/mol. The fourth-order valence-electron chi connectivity index (χ4n) is 3.13. The Labute approximate surface area is 163 Å². The summed E-state index contributed by atoms with van der Waals surface area (Å²) in [5.41, 5.74) is 2.93. The van der Waals surface area contributed by atoms with E-state index >= 15 is 0 Å². The zero-order valence-corrected chi connectivity index (χ0v) is 15.8. The van der Waals surface area contributed by atoms with Crippen LogP contribution in [-0.4, -0.2) is 28.2 Å². The molecule has 1 aliphatic rings. The van der Waals surface area contributed by atoms with Crippen molar-refractivity contribution in [1.29, 1.82) is 0 Å². The number of fused-ring (bicyclic) bond motifs is 1. The molecular formula is C20H21ClN4O2. The molecule has 1 aliphatic heterocycles. The highest BCUT2D eigenvalue weighted by Gasteiger charge is 2.20. The molecule has 0 fully saturated rings. The lowest BCUT2D eigenvalue weighted by Gasteiger charge is -2.24. The Hall–Kier alpha value is -2.57. The van der Waals surface area contributed by atoms with Gasteiger partial charge in [0.2, 0.25) is 0 Å². The third-order valence-electron chi connectivity index (χ3n) is 4.47. The molecule has 6 nitrogen and oxygen atoms in total. The molecule has 7 heteroatoms. The van der Waals surface area contributed by atoms with Gasteiger partial charge in [0.05, 0.1) is 24.5 Å². The number of aryl methyl sites for hydroxylation is 1. The van der Waals surface area contributed by atoms with Crippen molar-refractivity contribution in [3.8, 4) is 11.5 Å². The van der Waals surface area contributed by atoms with E-state index < -0.39 is 0 Å². The zero-order chi connectivity index (χ0) is 18.6. The van der Waals surface area contributed by atoms with E-state index in [0.717, 1.165) is 34.9 Å². The summed E-state index contributed by atoms with van der Waals surface area (Å²) in [4.78, 5) is 1.67. The Kier molecular flexibility index (Phi) is 5.27. The first-order valence-electron chi connectivity index (χ1n) is 9.01. The molecular weight excluding hydrogens is 364 g/mol. The largest absolute Gasteiger partial charge is 0.486 e. The van der Waals surface area contributed by atoms with Crippen LogP contribution in [0.5, 0.6) is 11.5 Å². The van der Waals surface area contributed by atoms with Crippen LogP contribution in [0.15, 0.2) is 48.7 Å². The minimum atomic E-state index is -0.110. The second-order valence-electron chi connectivity index (χ2n) is 6.26. The topological polar surface area (TPSA) is 61.2 Å². The second-order valence-corrected chi connectivity index (χ2v) is 6.67. The second kappa shape index (κ2) is 7.98. The Bertz CT molecular complexity index is 928. The average Bonchev–Trinajstić information content (AvgIpc) is 3.17. The molecule has 0 amide bonds. The van der Waals surface area contributed by atoms with Gasteiger partial charge in [-0.3, -0.25) is 0 Å². The van der Waals surface area contributed by atoms with Crippen molar-refractivity contribution in [2.45, 2.75) is 26.1 Å². The van der Waals surface area contributed by atoms with Gasteiger partial charge in [-0.05, 0) is 36.2 Å². The van der Waals surface area contributed by atoms with E-state index in [1.54, 1.807) is 11.0 Å². The highest BCUT2D eigenvalue weighted by Crippen LogP contribution is 2.36. The first-order valence-corrected chi connectivity index (χ1v) is 9.38. The van der Waals surface area contributed by atoms with Crippen molar-refractivity contribution in [1.82, 2.24) is 20.3 Å². The smallest absolute Gasteiger partial charge is 0.161 e. The maximum atomic E-state index is 6.49. The molecule has 2 aromatic carbocycles. The quantitative estimate of drug-likeness (QED) is 0.703. The van der Waals surface area contributed by atoms with E-state index in [0.29, 0.717) is 24.8 Å². The molecule has 0 radical (unpaired) electrons. The number of ether oxygens (including phenoxy) is 2. The highest BCUT2D eigenvalue weighted by atomic mass is 35.5. The van der Waals surface area contributed by atoms with E-state index in [9.17, 15) is 0 Å². The normalized spacial score (nSPS) is 14.1. The molecule has 4 rings (SSSR count). The van der Waals surface area contributed by atoms with E-state index in [-0.39, 0.29) is 6.04 Å². The van der Waals surface area contributed by atoms with E-state index in [2.05, 4.69) is 15.5 Å². The highest BCUT2D eigenvalue weighted by molar-refractivity contribution is 6.31. The fourth-order valence-corrected chi connectivity index (χ4v) is 3.37. The van der Waals surface area contributed by atoms with Crippen molar-refractivity contribution < 1.29 is 9.47 Å². The Morgan fingerprint density at radius 2 is 1.96 bits per heavy atom. The summed E-state index contributed by atoms with van der Waals surface area (Å²) in [5.74, 6) is 1.53. The third kappa shape index (κ3) is 3.91. The molecule has 2 heterocycles. The molecule has 1 aromatic heterocycles. The fraction of sp³-hybridized carbons (Fsp3) is 0.300. The standard InChI is InChI=1S/C20H21ClN4O2/c1-2-25-23-13-15(24-25)12-22-20(16-5-3-4-6-17(16)21)14-7-8-18-19(11-14)27-10-9-26-18/h3-8,11,13,20,22H,2,9-10,12H2,1H3. The SMILES string of the molecule is CCn1ncc(CNC(c2ccc3c(c2)OCCO3)c2ccccc2Cl)n1. The van der Waals surface area contributed by atoms with Gasteiger partial charge in [-0.1, -0.05) is 35.9 Å². The van der Waals surface area contributed by atoms with Crippen molar-refractivity contribution in [2.75, 3.05) is 13.2 Å². The summed E-state index contributed by atoms with van der Waals surface area (Å²) < 4.78 is 11.4. The zero-order valence-electron chi connectivity index (χ0n) is 15.1. The Balaban J connectivity index is 1.64. The molecule has 1 N–H and O–H groups in total. The number of hydrogen-bond donors (Lipinski definition) is 1. The van der Waals surface area contributed by atoms with Crippen LogP contribution in [0.25, 0.3) is 0 Å². The predicted molar refractivity (Wildman–Crippen MR) is 103 cm³/mol. The Morgan fingerprint density at radius 3 is 2.74 bits per heavy atom. The first-order chi connectivity index (χ1) is 13.2. The van der Waals surface area contributed by atoms with E-state index in [1.165, 1.54) is 0 Å². The predicted octanol–water partition coefficient (Wildman–Crippen LogP) is 3.60. The number of nitrogens with zero attached hydrogens (tertiary/aromatic N) is 3. The number of rotatable bonds is 6. The molecule has 0 bridgehead atoms. The monoisotopic (exact) mass is 384 g/mol. The maximum absolute atomic E-state index is 6.49. The van der Waals surface area contributed by atoms with Crippen LogP contribution in [0, 0.1) is 0 Å². The minimum absolute atomic E-state index is 0.110. The number of nitrogens with one attached hydrogen (secondary N) is 1. The third-order valence-corrected chi connectivity index (χ3v) is 4.81. The van der Waals surface area contributed by atoms with E-state index in [4.69, 9.17) is 21.1 Å². The summed E-state index contributed by atoms with van der Waals surface area (Å²) >= 11 is 6.49. The van der Waals surface area contributed by atoms with Crippen LogP contribution in [0.2, 0.25) is 5.02 Å². The van der Waals surface area contributed by atoms with Gasteiger partial charge in [0.25, 0.3) is 0 Å². The summed E-state index contributed by atoms with van der Waals surface area (Å²) in [6.45, 7) is 4.46. The molecule has 27 heavy (non-hydrogen) atoms. The van der Waals surface area contributed by atoms with Crippen LogP contribution in [0.4, 0.5) is 0 Å². The van der Waals surface area contributed by atoms with Gasteiger partial charge in [-0.2, -0.15) is 15.0 Å². The first kappa shape index (κ1) is 17.8. The summed E-state index contributed by atoms with van der Waals surface area (Å²) in [6.07, 6.45) is 1.78. The van der Waals surface area contributed by atoms with Gasteiger partial charge in [-0.15, -0.1) is 0 Å². The number of hydrogen-bond acceptors (Lipinski definition) is 5. The number of benzene rings is 2. The van der Waals surface area contributed by atoms with Gasteiger partial charge in [0, 0.05) is 11.6 Å². The molecule has 0 aliphatic carbocycles. The summed E-state index contributed by atoms with van der Waals surface area (Å²) in [6, 6.07) is 13.7. The number of aromatic nitrogens is 3. The lowest BCUT2D eigenvalue weighted by Crippen LogP contribution is -2.23. The van der Waals surface area contributed by atoms with Gasteiger partial charge >= 0.3 is 0 Å². The Morgan fingerprint density at radius 1 is 1.15 bits per heavy atom. The molecule has 0 saturated carbocycles. The van der Waals surface area contributed by atoms with Crippen molar-refractivity contribution in [3.05, 3.63) is 70.5 Å². The van der Waals surface area contributed by atoms with Crippen LogP contribution in [-0.2, 0) is 13.1 Å². The minimum Gasteiger partial charge on any atom is -0.486 e. The number of halogens is 1. The van der Waals surface area contributed by atoms with Crippen LogP contribution in [0.3, 0.4) is 0 Å². The molecule has 1 atom stereocenters.